The van der Waals surface area contributed by atoms with E-state index in [1.807, 2.05) is 107 Å². The van der Waals surface area contributed by atoms with Gasteiger partial charge in [0.05, 0.1) is 42.2 Å². The Balaban J connectivity index is 1.48. The first-order chi connectivity index (χ1) is 33.3. The van der Waals surface area contributed by atoms with Gasteiger partial charge in [-0.3, -0.25) is 0 Å². The van der Waals surface area contributed by atoms with Crippen LogP contribution in [-0.4, -0.2) is 67.4 Å². The van der Waals surface area contributed by atoms with Crippen molar-refractivity contribution in [3.05, 3.63) is 193 Å². The second kappa shape index (κ2) is 23.5. The van der Waals surface area contributed by atoms with E-state index in [4.69, 9.17) is 18.3 Å². The van der Waals surface area contributed by atoms with Crippen molar-refractivity contribution in [2.24, 2.45) is 11.8 Å². The Bertz CT molecular complexity index is 2570. The number of ether oxygens (including phenoxy) is 2. The molecule has 0 aliphatic heterocycles. The van der Waals surface area contributed by atoms with Crippen LogP contribution in [0.5, 0.6) is 5.75 Å². The molecule has 6 atom stereocenters. The molecule has 0 heterocycles. The minimum absolute atomic E-state index is 0.129. The molecular formula is C60H76O7SSi2. The molecule has 6 aromatic rings. The second-order valence-electron chi connectivity index (χ2n) is 20.8. The number of allylic oxidation sites excluding steroid dienone is 1. The van der Waals surface area contributed by atoms with Crippen LogP contribution in [-0.2, 0) is 30.0 Å². The predicted octanol–water partition coefficient (Wildman–Crippen LogP) is 10.9. The number of benzene rings is 6. The zero-order valence-corrected chi connectivity index (χ0v) is 46.0. The molecule has 7 nitrogen and oxygen atoms in total. The number of hydrogen-bond acceptors (Lipinski definition) is 7. The number of sulfone groups is 1. The van der Waals surface area contributed by atoms with Crippen LogP contribution in [0.4, 0.5) is 0 Å². The molecule has 6 aromatic carbocycles. The molecule has 10 heteroatoms. The van der Waals surface area contributed by atoms with Gasteiger partial charge in [0.15, 0.2) is 9.84 Å². The van der Waals surface area contributed by atoms with Gasteiger partial charge in [0.25, 0.3) is 16.6 Å². The van der Waals surface area contributed by atoms with Crippen LogP contribution in [0.3, 0.4) is 0 Å². The summed E-state index contributed by atoms with van der Waals surface area (Å²) in [5, 5.41) is 15.9. The van der Waals surface area contributed by atoms with E-state index in [-0.39, 0.29) is 22.5 Å². The molecule has 70 heavy (non-hydrogen) atoms. The molecule has 2 unspecified atom stereocenters. The first-order valence-corrected chi connectivity index (χ1v) is 30.1. The summed E-state index contributed by atoms with van der Waals surface area (Å²) in [5.41, 5.74) is 1.74. The molecule has 0 fully saturated rings. The SMILES string of the molecule is C/C=C(\C)[C@H](O[Si](c1ccccc1)(c1ccccc1)C(C)(C)C)[C@@H](C)C(C(O)[C@@H](OCc1ccc(OC)cc1)[C@@H](C)CCO[Si](c1ccccc1)(c1ccccc1)C(C)(C)C)S(=O)(=O)c1ccccc1. The number of hydrogen-bond donors (Lipinski definition) is 1. The smallest absolute Gasteiger partial charge is 0.261 e. The minimum atomic E-state index is -4.28. The highest BCUT2D eigenvalue weighted by atomic mass is 32.2. The maximum absolute atomic E-state index is 15.7. The van der Waals surface area contributed by atoms with Gasteiger partial charge in [-0.1, -0.05) is 213 Å². The zero-order valence-electron chi connectivity index (χ0n) is 43.2. The number of methoxy groups -OCH3 is 1. The maximum Gasteiger partial charge on any atom is 0.261 e. The Kier molecular flexibility index (Phi) is 18.3. The predicted molar refractivity (Wildman–Crippen MR) is 293 cm³/mol. The van der Waals surface area contributed by atoms with Crippen LogP contribution >= 0.6 is 0 Å². The second-order valence-corrected chi connectivity index (χ2v) is 31.5. The van der Waals surface area contributed by atoms with Crippen molar-refractivity contribution in [3.8, 4) is 5.75 Å². The van der Waals surface area contributed by atoms with Gasteiger partial charge in [-0.2, -0.15) is 0 Å². The van der Waals surface area contributed by atoms with Crippen molar-refractivity contribution in [2.75, 3.05) is 13.7 Å². The Hall–Kier alpha value is -4.92. The Morgan fingerprint density at radius 2 is 1.04 bits per heavy atom. The summed E-state index contributed by atoms with van der Waals surface area (Å²) in [7, 11) is -8.84. The van der Waals surface area contributed by atoms with Crippen LogP contribution in [0, 0.1) is 11.8 Å². The molecule has 0 saturated heterocycles. The fourth-order valence-corrected chi connectivity index (χ4v) is 21.9. The van der Waals surface area contributed by atoms with Crippen LogP contribution < -0.4 is 25.5 Å². The molecule has 0 aliphatic rings. The third-order valence-corrected chi connectivity index (χ3v) is 26.6. The lowest BCUT2D eigenvalue weighted by Crippen LogP contribution is -2.68. The molecule has 372 valence electrons. The molecule has 0 aromatic heterocycles. The lowest BCUT2D eigenvalue weighted by atomic mass is 9.86. The Morgan fingerprint density at radius 3 is 1.44 bits per heavy atom. The summed E-state index contributed by atoms with van der Waals surface area (Å²) in [6.45, 7) is 21.9. The normalized spacial score (nSPS) is 15.6. The highest BCUT2D eigenvalue weighted by Crippen LogP contribution is 2.42. The summed E-state index contributed by atoms with van der Waals surface area (Å²) >= 11 is 0. The largest absolute Gasteiger partial charge is 0.497 e. The quantitative estimate of drug-likeness (QED) is 0.0535. The zero-order chi connectivity index (χ0) is 50.7. The van der Waals surface area contributed by atoms with E-state index in [0.717, 1.165) is 21.5 Å². The first-order valence-electron chi connectivity index (χ1n) is 24.7. The minimum Gasteiger partial charge on any atom is -0.497 e. The van der Waals surface area contributed by atoms with Crippen LogP contribution in [0.15, 0.2) is 192 Å². The van der Waals surface area contributed by atoms with Gasteiger partial charge in [-0.25, -0.2) is 8.42 Å². The number of rotatable bonds is 22. The Labute approximate surface area is 422 Å². The molecule has 1 N–H and O–H groups in total. The number of aliphatic hydroxyl groups is 1. The fourth-order valence-electron chi connectivity index (χ4n) is 10.4. The molecule has 0 spiro atoms. The van der Waals surface area contributed by atoms with E-state index in [1.54, 1.807) is 37.4 Å². The summed E-state index contributed by atoms with van der Waals surface area (Å²) in [6, 6.07) is 58.0. The monoisotopic (exact) mass is 996 g/mol. The molecule has 0 amide bonds. The van der Waals surface area contributed by atoms with Crippen molar-refractivity contribution in [1.82, 2.24) is 0 Å². The van der Waals surface area contributed by atoms with Crippen LogP contribution in [0.2, 0.25) is 10.1 Å². The van der Waals surface area contributed by atoms with Crippen molar-refractivity contribution >= 4 is 47.2 Å². The third kappa shape index (κ3) is 11.7. The molecular weight excluding hydrogens is 921 g/mol. The summed E-state index contributed by atoms with van der Waals surface area (Å²) < 4.78 is 59.0. The summed E-state index contributed by atoms with van der Waals surface area (Å²) in [5.74, 6) is -0.431. The van der Waals surface area contributed by atoms with Crippen LogP contribution in [0.1, 0.15) is 81.2 Å². The average Bonchev–Trinajstić information content (AvgIpc) is 3.36. The van der Waals surface area contributed by atoms with E-state index in [9.17, 15) is 5.11 Å². The van der Waals surface area contributed by atoms with E-state index < -0.39 is 61.0 Å². The maximum atomic E-state index is 15.7. The van der Waals surface area contributed by atoms with E-state index in [1.165, 1.54) is 10.4 Å². The summed E-state index contributed by atoms with van der Waals surface area (Å²) in [6.07, 6.45) is -0.686. The highest BCUT2D eigenvalue weighted by Gasteiger charge is 2.55. The molecule has 0 saturated carbocycles. The van der Waals surface area contributed by atoms with Crippen molar-refractivity contribution < 1.29 is 31.9 Å². The molecule has 0 bridgehead atoms. The van der Waals surface area contributed by atoms with Gasteiger partial charge >= 0.3 is 0 Å². The van der Waals surface area contributed by atoms with Gasteiger partial charge < -0.3 is 23.4 Å². The lowest BCUT2D eigenvalue weighted by Gasteiger charge is -2.48. The Morgan fingerprint density at radius 1 is 0.629 bits per heavy atom. The van der Waals surface area contributed by atoms with Gasteiger partial charge in [0.2, 0.25) is 0 Å². The summed E-state index contributed by atoms with van der Waals surface area (Å²) in [4.78, 5) is 0.129. The van der Waals surface area contributed by atoms with Gasteiger partial charge in [-0.05, 0) is 92.4 Å². The lowest BCUT2D eigenvalue weighted by molar-refractivity contribution is -0.0841. The van der Waals surface area contributed by atoms with Crippen molar-refractivity contribution in [1.29, 1.82) is 0 Å². The standard InChI is InChI=1S/C60H76O7SSi2/c1-12-45(2)56(67-70(60(8,9)10,53-34-24-16-25-35-53)54-36-26-17-27-37-54)47(4)58(68(62,63)50-28-18-13-19-29-50)55(61)57(65-44-48-38-40-49(64-11)41-39-48)46(3)42-43-66-69(59(5,6)7,51-30-20-14-21-31-51)52-32-22-15-23-33-52/h12-41,46-47,55-58,61H,42-44H2,1-11H3/b45-12+/t46-,47+,55?,56-,57-,58?/m0/s1. The highest BCUT2D eigenvalue weighted by molar-refractivity contribution is 7.92. The fraction of sp³-hybridized carbons (Fsp3) is 0.367. The first kappa shape index (κ1) is 54.4. The van der Waals surface area contributed by atoms with Gasteiger partial charge in [-0.15, -0.1) is 0 Å². The molecule has 0 radical (unpaired) electrons. The number of aliphatic hydroxyl groups excluding tert-OH is 1. The topological polar surface area (TPSA) is 91.3 Å². The van der Waals surface area contributed by atoms with Crippen LogP contribution in [0.25, 0.3) is 0 Å². The molecule has 0 aliphatic carbocycles. The van der Waals surface area contributed by atoms with Gasteiger partial charge in [0, 0.05) is 12.5 Å². The average molecular weight is 998 g/mol. The van der Waals surface area contributed by atoms with Crippen molar-refractivity contribution in [2.45, 2.75) is 121 Å². The van der Waals surface area contributed by atoms with Gasteiger partial charge in [0.1, 0.15) is 5.75 Å². The van der Waals surface area contributed by atoms with E-state index in [0.29, 0.717) is 18.8 Å². The molecule has 6 rings (SSSR count). The third-order valence-electron chi connectivity index (χ3n) is 14.2. The van der Waals surface area contributed by atoms with Crippen molar-refractivity contribution in [3.63, 3.8) is 0 Å². The van der Waals surface area contributed by atoms with E-state index >= 15 is 8.42 Å². The van der Waals surface area contributed by atoms with E-state index in [2.05, 4.69) is 114 Å².